The maximum Gasteiger partial charge on any atom is 0.405 e. The number of rotatable bonds is 1. The summed E-state index contributed by atoms with van der Waals surface area (Å²) in [4.78, 5) is 3.26. The Morgan fingerprint density at radius 2 is 1.79 bits per heavy atom. The molecule has 0 N–H and O–H groups in total. The molecule has 1 rings (SSSR count). The molecule has 0 aromatic carbocycles. The van der Waals surface area contributed by atoms with Crippen molar-refractivity contribution in [1.82, 2.24) is 9.80 Å². The van der Waals surface area contributed by atoms with E-state index >= 15 is 0 Å². The smallest absolute Gasteiger partial charge is 0.298 e. The first-order valence-electron chi connectivity index (χ1n) is 4.83. The first-order valence-corrected chi connectivity index (χ1v) is 4.83. The average molecular weight is 210 g/mol. The normalized spacial score (nSPS) is 27.2. The van der Waals surface area contributed by atoms with Crippen molar-refractivity contribution in [1.29, 1.82) is 0 Å². The molecule has 1 saturated heterocycles. The molecule has 1 atom stereocenters. The molecule has 14 heavy (non-hydrogen) atoms. The molecule has 0 radical (unpaired) electrons. The van der Waals surface area contributed by atoms with E-state index in [1.54, 1.807) is 0 Å². The van der Waals surface area contributed by atoms with Gasteiger partial charge in [-0.2, -0.15) is 13.2 Å². The lowest BCUT2D eigenvalue weighted by Gasteiger charge is -2.41. The van der Waals surface area contributed by atoms with Crippen LogP contribution in [0.3, 0.4) is 0 Å². The zero-order valence-corrected chi connectivity index (χ0v) is 8.80. The lowest BCUT2D eigenvalue weighted by atomic mass is 10.1. The number of halogens is 3. The van der Waals surface area contributed by atoms with Gasteiger partial charge in [-0.3, -0.25) is 9.80 Å². The Hall–Kier alpha value is -0.290. The second-order valence-corrected chi connectivity index (χ2v) is 4.13. The van der Waals surface area contributed by atoms with Crippen molar-refractivity contribution in [3.63, 3.8) is 0 Å². The molecule has 0 saturated carbocycles. The molecule has 1 aliphatic rings. The van der Waals surface area contributed by atoms with Gasteiger partial charge in [0, 0.05) is 25.7 Å². The minimum atomic E-state index is -4.11. The van der Waals surface area contributed by atoms with Crippen LogP contribution >= 0.6 is 0 Å². The van der Waals surface area contributed by atoms with Crippen LogP contribution in [0, 0.1) is 0 Å². The van der Waals surface area contributed by atoms with Crippen molar-refractivity contribution in [3.8, 4) is 0 Å². The topological polar surface area (TPSA) is 6.48 Å². The molecule has 5 heteroatoms. The fraction of sp³-hybridized carbons (Fsp3) is 1.00. The molecule has 0 amide bonds. The van der Waals surface area contributed by atoms with Crippen LogP contribution in [0.5, 0.6) is 0 Å². The molecule has 0 aromatic heterocycles. The van der Waals surface area contributed by atoms with Gasteiger partial charge in [0.15, 0.2) is 0 Å². The van der Waals surface area contributed by atoms with Gasteiger partial charge in [-0.25, -0.2) is 0 Å². The zero-order valence-electron chi connectivity index (χ0n) is 8.80. The van der Waals surface area contributed by atoms with Crippen molar-refractivity contribution >= 4 is 0 Å². The summed E-state index contributed by atoms with van der Waals surface area (Å²) in [5.41, 5.74) is 0. The van der Waals surface area contributed by atoms with E-state index in [-0.39, 0.29) is 12.6 Å². The standard InChI is InChI=1S/C9H17F3N2/c1-7(2)14-5-4-13(3)8(6-14)9(10,11)12/h7-8H,4-6H2,1-3H3. The molecule has 2 nitrogen and oxygen atoms in total. The average Bonchev–Trinajstić information content (AvgIpc) is 2.02. The van der Waals surface area contributed by atoms with E-state index in [0.717, 1.165) is 6.54 Å². The maximum absolute atomic E-state index is 12.6. The quantitative estimate of drug-likeness (QED) is 0.648. The van der Waals surface area contributed by atoms with Gasteiger partial charge in [-0.15, -0.1) is 0 Å². The SMILES string of the molecule is CC(C)N1CCN(C)C(C(F)(F)F)C1. The Morgan fingerprint density at radius 3 is 2.21 bits per heavy atom. The third-order valence-corrected chi connectivity index (χ3v) is 2.79. The molecule has 84 valence electrons. The van der Waals surface area contributed by atoms with Crippen LogP contribution in [0.1, 0.15) is 13.8 Å². The highest BCUT2D eigenvalue weighted by Gasteiger charge is 2.45. The molecule has 1 aliphatic heterocycles. The second kappa shape index (κ2) is 4.06. The molecular formula is C9H17F3N2. The Labute approximate surface area is 82.7 Å². The number of piperazine rings is 1. The highest BCUT2D eigenvalue weighted by molar-refractivity contribution is 4.86. The van der Waals surface area contributed by atoms with E-state index in [2.05, 4.69) is 0 Å². The van der Waals surface area contributed by atoms with E-state index in [9.17, 15) is 13.2 Å². The van der Waals surface area contributed by atoms with Gasteiger partial charge in [-0.1, -0.05) is 0 Å². The molecule has 1 fully saturated rings. The molecule has 1 heterocycles. The number of hydrogen-bond donors (Lipinski definition) is 0. The van der Waals surface area contributed by atoms with Gasteiger partial charge in [0.1, 0.15) is 6.04 Å². The number of likely N-dealkylation sites (N-methyl/N-ethyl adjacent to an activating group) is 1. The van der Waals surface area contributed by atoms with E-state index < -0.39 is 12.2 Å². The molecule has 0 bridgehead atoms. The number of nitrogens with zero attached hydrogens (tertiary/aromatic N) is 2. The zero-order chi connectivity index (χ0) is 10.9. The van der Waals surface area contributed by atoms with Crippen molar-refractivity contribution in [2.75, 3.05) is 26.7 Å². The van der Waals surface area contributed by atoms with Gasteiger partial charge < -0.3 is 0 Å². The van der Waals surface area contributed by atoms with Crippen molar-refractivity contribution in [2.45, 2.75) is 32.1 Å². The Morgan fingerprint density at radius 1 is 1.21 bits per heavy atom. The fourth-order valence-electron chi connectivity index (χ4n) is 1.72. The first kappa shape index (κ1) is 11.8. The van der Waals surface area contributed by atoms with Gasteiger partial charge >= 0.3 is 6.18 Å². The molecule has 0 aliphatic carbocycles. The van der Waals surface area contributed by atoms with E-state index in [4.69, 9.17) is 0 Å². The van der Waals surface area contributed by atoms with Crippen LogP contribution in [-0.4, -0.2) is 54.7 Å². The van der Waals surface area contributed by atoms with Crippen molar-refractivity contribution in [3.05, 3.63) is 0 Å². The summed E-state index contributed by atoms with van der Waals surface area (Å²) in [7, 11) is 1.54. The number of alkyl halides is 3. The molecule has 1 unspecified atom stereocenters. The highest BCUT2D eigenvalue weighted by atomic mass is 19.4. The van der Waals surface area contributed by atoms with E-state index in [0.29, 0.717) is 6.54 Å². The van der Waals surface area contributed by atoms with Gasteiger partial charge in [0.05, 0.1) is 0 Å². The van der Waals surface area contributed by atoms with Crippen LogP contribution in [0.2, 0.25) is 0 Å². The molecule has 0 spiro atoms. The largest absolute Gasteiger partial charge is 0.405 e. The summed E-state index contributed by atoms with van der Waals surface area (Å²) in [5.74, 6) is 0. The van der Waals surface area contributed by atoms with Crippen LogP contribution in [0.15, 0.2) is 0 Å². The second-order valence-electron chi connectivity index (χ2n) is 4.13. The van der Waals surface area contributed by atoms with Crippen molar-refractivity contribution < 1.29 is 13.2 Å². The van der Waals surface area contributed by atoms with Gasteiger partial charge in [0.25, 0.3) is 0 Å². The minimum Gasteiger partial charge on any atom is -0.298 e. The van der Waals surface area contributed by atoms with Crippen LogP contribution in [0.4, 0.5) is 13.2 Å². The molecule has 0 aromatic rings. The van der Waals surface area contributed by atoms with Crippen LogP contribution < -0.4 is 0 Å². The van der Waals surface area contributed by atoms with E-state index in [1.165, 1.54) is 11.9 Å². The first-order chi connectivity index (χ1) is 6.32. The van der Waals surface area contributed by atoms with Gasteiger partial charge in [0.2, 0.25) is 0 Å². The Balaban J connectivity index is 2.65. The fourth-order valence-corrected chi connectivity index (χ4v) is 1.72. The Bertz CT molecular complexity index is 191. The van der Waals surface area contributed by atoms with Crippen molar-refractivity contribution in [2.24, 2.45) is 0 Å². The van der Waals surface area contributed by atoms with E-state index in [1.807, 2.05) is 18.7 Å². The summed E-state index contributed by atoms with van der Waals surface area (Å²) in [6, 6.07) is -1.12. The minimum absolute atomic E-state index is 0.0949. The maximum atomic E-state index is 12.6. The summed E-state index contributed by atoms with van der Waals surface area (Å²) in [5, 5.41) is 0. The summed E-state index contributed by atoms with van der Waals surface area (Å²) < 4.78 is 37.7. The van der Waals surface area contributed by atoms with Crippen LogP contribution in [-0.2, 0) is 0 Å². The predicted molar refractivity (Wildman–Crippen MR) is 49.2 cm³/mol. The van der Waals surface area contributed by atoms with Gasteiger partial charge in [-0.05, 0) is 20.9 Å². The Kier molecular flexibility index (Phi) is 3.42. The summed E-state index contributed by atoms with van der Waals surface area (Å²) in [6.07, 6.45) is -4.11. The third kappa shape index (κ3) is 2.60. The highest BCUT2D eigenvalue weighted by Crippen LogP contribution is 2.27. The lowest BCUT2D eigenvalue weighted by molar-refractivity contribution is -0.194. The number of hydrogen-bond acceptors (Lipinski definition) is 2. The monoisotopic (exact) mass is 210 g/mol. The summed E-state index contributed by atoms with van der Waals surface area (Å²) in [6.45, 7) is 5.16. The van der Waals surface area contributed by atoms with Crippen LogP contribution in [0.25, 0.3) is 0 Å². The predicted octanol–water partition coefficient (Wildman–Crippen LogP) is 1.57. The lowest BCUT2D eigenvalue weighted by Crippen LogP contribution is -2.58. The summed E-state index contributed by atoms with van der Waals surface area (Å²) >= 11 is 0. The third-order valence-electron chi connectivity index (χ3n) is 2.79. The molecular weight excluding hydrogens is 193 g/mol.